The third-order valence-electron chi connectivity index (χ3n) is 4.56. The van der Waals surface area contributed by atoms with Crippen LogP contribution in [-0.2, 0) is 4.79 Å². The largest absolute Gasteiger partial charge is 0.396 e. The zero-order chi connectivity index (χ0) is 22.4. The van der Waals surface area contributed by atoms with Crippen LogP contribution in [-0.4, -0.2) is 85.5 Å². The summed E-state index contributed by atoms with van der Waals surface area (Å²) < 4.78 is 0. The Morgan fingerprint density at radius 2 is 1.29 bits per heavy atom. The van der Waals surface area contributed by atoms with Gasteiger partial charge in [-0.25, -0.2) is 0 Å². The summed E-state index contributed by atoms with van der Waals surface area (Å²) in [5.74, 6) is 0.329. The van der Waals surface area contributed by atoms with E-state index in [0.29, 0.717) is 12.5 Å². The minimum absolute atomic E-state index is 0.254. The van der Waals surface area contributed by atoms with Crippen molar-refractivity contribution in [2.24, 2.45) is 5.92 Å². The van der Waals surface area contributed by atoms with Gasteiger partial charge in [-0.1, -0.05) is 41.5 Å². The first kappa shape index (κ1) is 32.0. The van der Waals surface area contributed by atoms with E-state index < -0.39 is 6.61 Å². The molecule has 1 amide bonds. The van der Waals surface area contributed by atoms with E-state index in [1.54, 1.807) is 0 Å². The van der Waals surface area contributed by atoms with Crippen molar-refractivity contribution in [3.8, 4) is 0 Å². The monoisotopic (exact) mass is 405 g/mol. The fourth-order valence-corrected chi connectivity index (χ4v) is 2.90. The van der Waals surface area contributed by atoms with Gasteiger partial charge in [-0.2, -0.15) is 0 Å². The number of carbonyl (C=O) groups is 1. The topological polar surface area (TPSA) is 76.0 Å². The Labute approximate surface area is 175 Å². The number of aliphatic hydroxyl groups is 2. The molecule has 0 saturated carbocycles. The molecule has 2 fully saturated rings. The molecular weight excluding hydrogens is 354 g/mol. The number of likely N-dealkylation sites (tertiary alicyclic amines) is 2. The van der Waals surface area contributed by atoms with Gasteiger partial charge in [0.2, 0.25) is 5.91 Å². The van der Waals surface area contributed by atoms with Crippen LogP contribution in [0.2, 0.25) is 0 Å². The number of nitrogens with zero attached hydrogens (tertiary/aromatic N) is 2. The molecule has 0 radical (unpaired) electrons. The lowest BCUT2D eigenvalue weighted by atomic mass is 9.98. The lowest BCUT2D eigenvalue weighted by molar-refractivity contribution is -0.124. The van der Waals surface area contributed by atoms with Gasteiger partial charge in [0.05, 0.1) is 0 Å². The second-order valence-electron chi connectivity index (χ2n) is 6.59. The Morgan fingerprint density at radius 3 is 1.75 bits per heavy atom. The molecule has 0 spiro atoms. The number of piperidine rings is 1. The number of carbonyl (C=O) groups excluding carboxylic acids is 1. The molecule has 1 unspecified atom stereocenters. The second-order valence-corrected chi connectivity index (χ2v) is 6.59. The third kappa shape index (κ3) is 18.7. The highest BCUT2D eigenvalue weighted by Gasteiger charge is 2.16. The highest BCUT2D eigenvalue weighted by Crippen LogP contribution is 2.14. The first-order valence-corrected chi connectivity index (χ1v) is 11.4. The summed E-state index contributed by atoms with van der Waals surface area (Å²) >= 11 is 0. The molecule has 2 aliphatic heterocycles. The van der Waals surface area contributed by atoms with Crippen LogP contribution in [0.25, 0.3) is 0 Å². The van der Waals surface area contributed by atoms with E-state index in [4.69, 9.17) is 10.2 Å². The Morgan fingerprint density at radius 1 is 0.821 bits per heavy atom. The molecule has 1 atom stereocenters. The number of rotatable bonds is 3. The average Bonchev–Trinajstić information content (AvgIpc) is 2.97. The summed E-state index contributed by atoms with van der Waals surface area (Å²) in [4.78, 5) is 15.5. The molecule has 0 aromatic heterocycles. The van der Waals surface area contributed by atoms with Crippen molar-refractivity contribution in [3.63, 3.8) is 0 Å². The van der Waals surface area contributed by atoms with Gasteiger partial charge < -0.3 is 25.3 Å². The first-order valence-electron chi connectivity index (χ1n) is 11.4. The van der Waals surface area contributed by atoms with Crippen LogP contribution in [0.4, 0.5) is 0 Å². The van der Waals surface area contributed by atoms with Gasteiger partial charge in [0, 0.05) is 12.6 Å². The molecule has 2 heterocycles. The number of amides is 1. The Bertz CT molecular complexity index is 309. The van der Waals surface area contributed by atoms with E-state index in [1.807, 2.05) is 41.5 Å². The van der Waals surface area contributed by atoms with Crippen molar-refractivity contribution in [2.75, 3.05) is 53.5 Å². The summed E-state index contributed by atoms with van der Waals surface area (Å²) in [6, 6.07) is 0.254. The average molecular weight is 406 g/mol. The molecule has 2 rings (SSSR count). The van der Waals surface area contributed by atoms with E-state index >= 15 is 0 Å². The van der Waals surface area contributed by atoms with Crippen LogP contribution >= 0.6 is 0 Å². The molecule has 0 bridgehead atoms. The summed E-state index contributed by atoms with van der Waals surface area (Å²) in [6.45, 7) is 16.4. The number of aliphatic hydroxyl groups excluding tert-OH is 2. The first-order chi connectivity index (χ1) is 13.5. The normalized spacial score (nSPS) is 20.3. The maximum Gasteiger partial charge on any atom is 0.245 e. The summed E-state index contributed by atoms with van der Waals surface area (Å²) in [5, 5.41) is 20.1. The Balaban J connectivity index is -0.000000364. The summed E-state index contributed by atoms with van der Waals surface area (Å²) in [6.07, 6.45) is 5.48. The quantitative estimate of drug-likeness (QED) is 0.673. The third-order valence-corrected chi connectivity index (χ3v) is 4.56. The van der Waals surface area contributed by atoms with E-state index in [0.717, 1.165) is 45.4 Å². The fourth-order valence-electron chi connectivity index (χ4n) is 2.90. The van der Waals surface area contributed by atoms with E-state index in [2.05, 4.69) is 29.2 Å². The van der Waals surface area contributed by atoms with Gasteiger partial charge in [-0.05, 0) is 78.3 Å². The maximum atomic E-state index is 10.9. The molecule has 2 saturated heterocycles. The molecular formula is C22H51N3O3. The van der Waals surface area contributed by atoms with Crippen LogP contribution in [0, 0.1) is 5.92 Å². The molecule has 3 N–H and O–H groups in total. The predicted octanol–water partition coefficient (Wildman–Crippen LogP) is 2.98. The molecule has 2 aliphatic rings. The smallest absolute Gasteiger partial charge is 0.245 e. The minimum Gasteiger partial charge on any atom is -0.396 e. The predicted molar refractivity (Wildman–Crippen MR) is 122 cm³/mol. The molecule has 28 heavy (non-hydrogen) atoms. The van der Waals surface area contributed by atoms with Crippen molar-refractivity contribution >= 4 is 5.91 Å². The van der Waals surface area contributed by atoms with Crippen molar-refractivity contribution in [1.29, 1.82) is 0 Å². The molecule has 0 aromatic rings. The molecule has 0 aromatic carbocycles. The van der Waals surface area contributed by atoms with Gasteiger partial charge in [0.15, 0.2) is 0 Å². The fraction of sp³-hybridized carbons (Fsp3) is 0.955. The molecule has 6 heteroatoms. The van der Waals surface area contributed by atoms with Crippen LogP contribution < -0.4 is 5.32 Å². The van der Waals surface area contributed by atoms with Crippen molar-refractivity contribution in [2.45, 2.75) is 79.7 Å². The Kier molecular flexibility index (Phi) is 27.8. The van der Waals surface area contributed by atoms with E-state index in [9.17, 15) is 4.79 Å². The van der Waals surface area contributed by atoms with Gasteiger partial charge in [-0.15, -0.1) is 0 Å². The number of hydrogen-bond donors (Lipinski definition) is 3. The zero-order valence-electron chi connectivity index (χ0n) is 20.1. The van der Waals surface area contributed by atoms with Crippen LogP contribution in [0.15, 0.2) is 0 Å². The van der Waals surface area contributed by atoms with Crippen molar-refractivity contribution in [3.05, 3.63) is 0 Å². The molecule has 172 valence electrons. The standard InChI is InChI=1S/C9H18N2O2.C7H15NO.3C2H6/c1-11-5-2-3-8(4-6-11)10-9(13)7-12;1-8-4-2-7(6-9)3-5-8;3*1-2/h8,12H,2-7H2,1H3,(H,10,13);7,9H,2-6H2,1H3;3*1-2H3. The number of hydrogen-bond acceptors (Lipinski definition) is 5. The lowest BCUT2D eigenvalue weighted by Crippen LogP contribution is -2.37. The van der Waals surface area contributed by atoms with Crippen molar-refractivity contribution in [1.82, 2.24) is 15.1 Å². The van der Waals surface area contributed by atoms with Gasteiger partial charge in [-0.3, -0.25) is 4.79 Å². The highest BCUT2D eigenvalue weighted by molar-refractivity contribution is 5.77. The van der Waals surface area contributed by atoms with E-state index in [1.165, 1.54) is 12.8 Å². The molecule has 6 nitrogen and oxygen atoms in total. The van der Waals surface area contributed by atoms with Crippen molar-refractivity contribution < 1.29 is 15.0 Å². The van der Waals surface area contributed by atoms with Gasteiger partial charge >= 0.3 is 0 Å². The number of nitrogens with one attached hydrogen (secondary N) is 1. The van der Waals surface area contributed by atoms with Crippen LogP contribution in [0.5, 0.6) is 0 Å². The maximum absolute atomic E-state index is 10.9. The van der Waals surface area contributed by atoms with Gasteiger partial charge in [0.25, 0.3) is 0 Å². The second kappa shape index (κ2) is 24.3. The van der Waals surface area contributed by atoms with Crippen LogP contribution in [0.1, 0.15) is 73.6 Å². The zero-order valence-corrected chi connectivity index (χ0v) is 20.1. The lowest BCUT2D eigenvalue weighted by Gasteiger charge is -2.27. The highest BCUT2D eigenvalue weighted by atomic mass is 16.3. The Hall–Kier alpha value is -0.690. The van der Waals surface area contributed by atoms with E-state index in [-0.39, 0.29) is 11.9 Å². The summed E-state index contributed by atoms with van der Waals surface area (Å²) in [5.41, 5.74) is 0. The van der Waals surface area contributed by atoms with Gasteiger partial charge in [0.1, 0.15) is 6.61 Å². The minimum atomic E-state index is -0.396. The summed E-state index contributed by atoms with van der Waals surface area (Å²) in [7, 11) is 4.23. The SMILES string of the molecule is CC.CC.CC.CN1CCC(CO)CC1.CN1CCCC(NC(=O)CO)CC1. The van der Waals surface area contributed by atoms with Crippen LogP contribution in [0.3, 0.4) is 0 Å². The molecule has 0 aliphatic carbocycles.